The summed E-state index contributed by atoms with van der Waals surface area (Å²) in [6.07, 6.45) is 0.911. The second-order valence-electron chi connectivity index (χ2n) is 3.80. The smallest absolute Gasteiger partial charge is 0.358 e. The van der Waals surface area contributed by atoms with Gasteiger partial charge in [-0.25, -0.2) is 14.2 Å². The van der Waals surface area contributed by atoms with Gasteiger partial charge in [0.25, 0.3) is 0 Å². The highest BCUT2D eigenvalue weighted by Gasteiger charge is 2.16. The molecule has 0 aromatic carbocycles. The van der Waals surface area contributed by atoms with Crippen molar-refractivity contribution in [3.8, 4) is 0 Å². The molecular formula is C9H13N7O2. The van der Waals surface area contributed by atoms with Crippen LogP contribution in [0.2, 0.25) is 0 Å². The Kier molecular flexibility index (Phi) is 3.31. The molecule has 0 unspecified atom stereocenters. The lowest BCUT2D eigenvalue weighted by molar-refractivity contribution is 0.0689. The standard InChI is InChI=1S/C9H13N7O2/c1-3-4-15-7(10-12-14-15)5-16-6(2)8(9(17)18)11-13-16/h3-5H2,1-2H3,(H,17,18). The Bertz CT molecular complexity index is 559. The summed E-state index contributed by atoms with van der Waals surface area (Å²) in [7, 11) is 0. The van der Waals surface area contributed by atoms with E-state index in [1.165, 1.54) is 4.68 Å². The summed E-state index contributed by atoms with van der Waals surface area (Å²) in [5.41, 5.74) is 0.429. The Balaban J connectivity index is 2.23. The van der Waals surface area contributed by atoms with E-state index in [-0.39, 0.29) is 5.69 Å². The summed E-state index contributed by atoms with van der Waals surface area (Å²) in [6, 6.07) is 0. The van der Waals surface area contributed by atoms with Crippen molar-refractivity contribution in [3.63, 3.8) is 0 Å². The Labute approximate surface area is 102 Å². The number of carbonyl (C=O) groups is 1. The molecule has 2 aromatic heterocycles. The average Bonchev–Trinajstić information content (AvgIpc) is 2.89. The first-order valence-corrected chi connectivity index (χ1v) is 5.52. The number of carboxylic acids is 1. The Morgan fingerprint density at radius 1 is 1.28 bits per heavy atom. The lowest BCUT2D eigenvalue weighted by atomic mass is 10.3. The largest absolute Gasteiger partial charge is 0.476 e. The highest BCUT2D eigenvalue weighted by atomic mass is 16.4. The molecule has 9 heteroatoms. The van der Waals surface area contributed by atoms with Gasteiger partial charge in [0.05, 0.1) is 5.69 Å². The van der Waals surface area contributed by atoms with Gasteiger partial charge in [-0.05, 0) is 23.8 Å². The fraction of sp³-hybridized carbons (Fsp3) is 0.556. The van der Waals surface area contributed by atoms with Crippen molar-refractivity contribution in [2.75, 3.05) is 0 Å². The molecular weight excluding hydrogens is 238 g/mol. The second-order valence-corrected chi connectivity index (χ2v) is 3.80. The van der Waals surface area contributed by atoms with Crippen molar-refractivity contribution in [1.29, 1.82) is 0 Å². The predicted molar refractivity (Wildman–Crippen MR) is 58.9 cm³/mol. The van der Waals surface area contributed by atoms with Crippen LogP contribution in [0, 0.1) is 6.92 Å². The van der Waals surface area contributed by atoms with Gasteiger partial charge in [-0.3, -0.25) is 0 Å². The Morgan fingerprint density at radius 2 is 2.06 bits per heavy atom. The SMILES string of the molecule is CCCn1nnnc1Cn1nnc(C(=O)O)c1C. The number of hydrogen-bond acceptors (Lipinski definition) is 6. The van der Waals surface area contributed by atoms with Gasteiger partial charge in [-0.2, -0.15) is 0 Å². The van der Waals surface area contributed by atoms with Crippen molar-refractivity contribution in [3.05, 3.63) is 17.2 Å². The molecule has 9 nitrogen and oxygen atoms in total. The average molecular weight is 251 g/mol. The quantitative estimate of drug-likeness (QED) is 0.778. The van der Waals surface area contributed by atoms with Crippen LogP contribution in [-0.4, -0.2) is 46.3 Å². The number of aromatic carboxylic acids is 1. The molecule has 2 aromatic rings. The van der Waals surface area contributed by atoms with E-state index in [1.807, 2.05) is 6.92 Å². The van der Waals surface area contributed by atoms with Gasteiger partial charge in [0.2, 0.25) is 0 Å². The molecule has 2 heterocycles. The number of tetrazole rings is 1. The number of aromatic nitrogens is 7. The van der Waals surface area contributed by atoms with E-state index in [0.29, 0.717) is 24.6 Å². The van der Waals surface area contributed by atoms with Crippen molar-refractivity contribution in [2.45, 2.75) is 33.4 Å². The predicted octanol–water partition coefficient (Wildman–Crippen LogP) is -0.270. The summed E-state index contributed by atoms with van der Waals surface area (Å²) in [6.45, 7) is 4.69. The maximum absolute atomic E-state index is 10.8. The fourth-order valence-corrected chi connectivity index (χ4v) is 1.56. The zero-order chi connectivity index (χ0) is 13.1. The number of rotatable bonds is 5. The first kappa shape index (κ1) is 12.1. The van der Waals surface area contributed by atoms with Gasteiger partial charge in [0.15, 0.2) is 11.5 Å². The Hall–Kier alpha value is -2.32. The highest BCUT2D eigenvalue weighted by molar-refractivity contribution is 5.86. The molecule has 0 fully saturated rings. The van der Waals surface area contributed by atoms with E-state index in [9.17, 15) is 4.79 Å². The molecule has 0 aliphatic carbocycles. The fourth-order valence-electron chi connectivity index (χ4n) is 1.56. The van der Waals surface area contributed by atoms with E-state index in [0.717, 1.165) is 6.42 Å². The highest BCUT2D eigenvalue weighted by Crippen LogP contribution is 2.06. The van der Waals surface area contributed by atoms with Crippen molar-refractivity contribution >= 4 is 5.97 Å². The summed E-state index contributed by atoms with van der Waals surface area (Å²) in [5, 5.41) is 27.6. The van der Waals surface area contributed by atoms with Crippen LogP contribution in [0.4, 0.5) is 0 Å². The lowest BCUT2D eigenvalue weighted by Crippen LogP contribution is -2.12. The normalized spacial score (nSPS) is 10.8. The molecule has 0 spiro atoms. The van der Waals surface area contributed by atoms with Gasteiger partial charge in [-0.1, -0.05) is 12.1 Å². The maximum Gasteiger partial charge on any atom is 0.358 e. The number of nitrogens with zero attached hydrogens (tertiary/aromatic N) is 7. The van der Waals surface area contributed by atoms with Crippen LogP contribution in [0.1, 0.15) is 35.4 Å². The maximum atomic E-state index is 10.8. The van der Waals surface area contributed by atoms with Crippen molar-refractivity contribution < 1.29 is 9.90 Å². The van der Waals surface area contributed by atoms with E-state index < -0.39 is 5.97 Å². The van der Waals surface area contributed by atoms with Crippen LogP contribution in [0.25, 0.3) is 0 Å². The molecule has 0 bridgehead atoms. The van der Waals surface area contributed by atoms with Crippen LogP contribution in [0.3, 0.4) is 0 Å². The van der Waals surface area contributed by atoms with Crippen molar-refractivity contribution in [1.82, 2.24) is 35.2 Å². The van der Waals surface area contributed by atoms with Crippen molar-refractivity contribution in [2.24, 2.45) is 0 Å². The zero-order valence-corrected chi connectivity index (χ0v) is 10.1. The topological polar surface area (TPSA) is 112 Å². The minimum Gasteiger partial charge on any atom is -0.476 e. The first-order valence-electron chi connectivity index (χ1n) is 5.52. The lowest BCUT2D eigenvalue weighted by Gasteiger charge is -2.03. The molecule has 2 rings (SSSR count). The second kappa shape index (κ2) is 4.90. The van der Waals surface area contributed by atoms with Crippen LogP contribution < -0.4 is 0 Å². The van der Waals surface area contributed by atoms with E-state index in [2.05, 4.69) is 25.8 Å². The Morgan fingerprint density at radius 3 is 2.67 bits per heavy atom. The summed E-state index contributed by atoms with van der Waals surface area (Å²) in [4.78, 5) is 10.8. The van der Waals surface area contributed by atoms with Crippen LogP contribution in [0.5, 0.6) is 0 Å². The van der Waals surface area contributed by atoms with Gasteiger partial charge in [0, 0.05) is 6.54 Å². The van der Waals surface area contributed by atoms with Gasteiger partial charge in [0.1, 0.15) is 6.54 Å². The molecule has 0 atom stereocenters. The third-order valence-corrected chi connectivity index (χ3v) is 2.52. The number of hydrogen-bond donors (Lipinski definition) is 1. The third kappa shape index (κ3) is 2.19. The number of carboxylic acid groups (broad SMARTS) is 1. The summed E-state index contributed by atoms with van der Waals surface area (Å²) in [5.74, 6) is -0.464. The van der Waals surface area contributed by atoms with Gasteiger partial charge in [-0.15, -0.1) is 10.2 Å². The summed E-state index contributed by atoms with van der Waals surface area (Å²) < 4.78 is 3.14. The van der Waals surface area contributed by atoms with Crippen LogP contribution >= 0.6 is 0 Å². The molecule has 0 aliphatic heterocycles. The first-order chi connectivity index (χ1) is 8.63. The van der Waals surface area contributed by atoms with E-state index in [1.54, 1.807) is 11.6 Å². The summed E-state index contributed by atoms with van der Waals surface area (Å²) >= 11 is 0. The van der Waals surface area contributed by atoms with Crippen LogP contribution in [-0.2, 0) is 13.1 Å². The van der Waals surface area contributed by atoms with Gasteiger partial charge < -0.3 is 5.11 Å². The zero-order valence-electron chi connectivity index (χ0n) is 10.1. The molecule has 0 aliphatic rings. The number of aryl methyl sites for hydroxylation is 1. The molecule has 96 valence electrons. The third-order valence-electron chi connectivity index (χ3n) is 2.52. The minimum atomic E-state index is -1.09. The molecule has 0 amide bonds. The van der Waals surface area contributed by atoms with Crippen LogP contribution in [0.15, 0.2) is 0 Å². The molecule has 0 saturated carbocycles. The molecule has 0 saturated heterocycles. The van der Waals surface area contributed by atoms with E-state index in [4.69, 9.17) is 5.11 Å². The monoisotopic (exact) mass is 251 g/mol. The van der Waals surface area contributed by atoms with E-state index >= 15 is 0 Å². The van der Waals surface area contributed by atoms with Gasteiger partial charge >= 0.3 is 5.97 Å². The molecule has 0 radical (unpaired) electrons. The molecule has 18 heavy (non-hydrogen) atoms. The minimum absolute atomic E-state index is 0.0514. The molecule has 1 N–H and O–H groups in total.